The van der Waals surface area contributed by atoms with Gasteiger partial charge in [0, 0.05) is 5.56 Å². The number of benzene rings is 1. The Balaban J connectivity index is 1.78. The van der Waals surface area contributed by atoms with Crippen molar-refractivity contribution < 1.29 is 14.4 Å². The minimum Gasteiger partial charge on any atom is -0.389 e. The van der Waals surface area contributed by atoms with Gasteiger partial charge in [0.15, 0.2) is 12.3 Å². The molecule has 12 nitrogen and oxygen atoms in total. The molecule has 150 valence electrons. The van der Waals surface area contributed by atoms with Crippen molar-refractivity contribution in [3.8, 4) is 0 Å². The molecule has 0 bridgehead atoms. The van der Waals surface area contributed by atoms with Gasteiger partial charge in [0.2, 0.25) is 5.82 Å². The van der Waals surface area contributed by atoms with E-state index in [4.69, 9.17) is 15.7 Å². The number of nitrogens with zero attached hydrogens (tertiary/aromatic N) is 6. The van der Waals surface area contributed by atoms with Crippen LogP contribution in [0.25, 0.3) is 0 Å². The van der Waals surface area contributed by atoms with Crippen molar-refractivity contribution in [2.75, 3.05) is 5.32 Å². The first kappa shape index (κ1) is 20.1. The lowest BCUT2D eigenvalue weighted by atomic mass is 10.1. The predicted molar refractivity (Wildman–Crippen MR) is 106 cm³/mol. The summed E-state index contributed by atoms with van der Waals surface area (Å²) < 4.78 is 1.14. The van der Waals surface area contributed by atoms with Crippen LogP contribution in [0.4, 0.5) is 5.82 Å². The van der Waals surface area contributed by atoms with E-state index in [0.717, 1.165) is 11.0 Å². The number of hydrogen-bond acceptors (Lipinski definition) is 10. The molecule has 3 rings (SSSR count). The number of aromatic nitrogens is 5. The van der Waals surface area contributed by atoms with Gasteiger partial charge >= 0.3 is 0 Å². The van der Waals surface area contributed by atoms with Gasteiger partial charge in [-0.3, -0.25) is 15.0 Å². The van der Waals surface area contributed by atoms with Crippen molar-refractivity contribution in [3.05, 3.63) is 65.6 Å². The van der Waals surface area contributed by atoms with Crippen molar-refractivity contribution in [2.45, 2.75) is 6.61 Å². The molecule has 0 aliphatic carbocycles. The van der Waals surface area contributed by atoms with Crippen LogP contribution in [0.1, 0.15) is 17.1 Å². The third-order valence-electron chi connectivity index (χ3n) is 3.65. The van der Waals surface area contributed by atoms with E-state index in [1.807, 2.05) is 18.2 Å². The van der Waals surface area contributed by atoms with E-state index in [0.29, 0.717) is 23.2 Å². The third kappa shape index (κ3) is 4.81. The standard InChI is InChI=1S/C18H15N9O3/c19-9-14(28)18(29)22-15-8-4-7-13(21-15)10-30-24-16(12-5-2-1-3-6-12)17-23-25-26-27(17)11-20/h1-9,11,19-20H,10H2,(H,21,22,29)/b19-9?,20-11?,24-16-. The maximum Gasteiger partial charge on any atom is 0.298 e. The number of Topliss-reactive ketones (excluding diaryl/α,β-unsaturated/α-hetero) is 1. The number of oxime groups is 1. The van der Waals surface area contributed by atoms with Crippen molar-refractivity contribution in [2.24, 2.45) is 5.16 Å². The Labute approximate surface area is 169 Å². The van der Waals surface area contributed by atoms with Gasteiger partial charge in [-0.05, 0) is 22.6 Å². The zero-order valence-corrected chi connectivity index (χ0v) is 15.4. The zero-order chi connectivity index (χ0) is 21.3. The number of tetrazole rings is 1. The van der Waals surface area contributed by atoms with Crippen molar-refractivity contribution in [1.82, 2.24) is 25.2 Å². The summed E-state index contributed by atoms with van der Waals surface area (Å²) in [4.78, 5) is 32.3. The normalized spacial score (nSPS) is 10.9. The Bertz CT molecular complexity index is 1110. The molecule has 0 fully saturated rings. The minimum atomic E-state index is -0.987. The molecule has 0 unspecified atom stereocenters. The lowest BCUT2D eigenvalue weighted by molar-refractivity contribution is -0.130. The van der Waals surface area contributed by atoms with E-state index in [1.54, 1.807) is 24.3 Å². The number of nitrogens with one attached hydrogen (secondary N) is 3. The maximum absolute atomic E-state index is 11.6. The van der Waals surface area contributed by atoms with Gasteiger partial charge in [-0.1, -0.05) is 41.6 Å². The van der Waals surface area contributed by atoms with Crippen LogP contribution in [0.3, 0.4) is 0 Å². The summed E-state index contributed by atoms with van der Waals surface area (Å²) in [5, 5.41) is 31.8. The lowest BCUT2D eigenvalue weighted by Gasteiger charge is -2.07. The highest BCUT2D eigenvalue weighted by molar-refractivity contribution is 6.60. The second kappa shape index (κ2) is 9.54. The van der Waals surface area contributed by atoms with Crippen LogP contribution in [0, 0.1) is 10.8 Å². The second-order valence-electron chi connectivity index (χ2n) is 5.63. The number of pyridine rings is 1. The lowest BCUT2D eigenvalue weighted by Crippen LogP contribution is -2.23. The molecule has 0 saturated carbocycles. The number of rotatable bonds is 9. The molecule has 3 aromatic rings. The number of anilines is 1. The molecule has 0 aliphatic heterocycles. The Morgan fingerprint density at radius 3 is 2.67 bits per heavy atom. The van der Waals surface area contributed by atoms with E-state index in [9.17, 15) is 9.59 Å². The number of hydrogen-bond donors (Lipinski definition) is 3. The quantitative estimate of drug-likeness (QED) is 0.203. The summed E-state index contributed by atoms with van der Waals surface area (Å²) in [5.74, 6) is -1.59. The first-order valence-electron chi connectivity index (χ1n) is 8.48. The molecule has 3 N–H and O–H groups in total. The summed E-state index contributed by atoms with van der Waals surface area (Å²) in [6, 6.07) is 13.8. The summed E-state index contributed by atoms with van der Waals surface area (Å²) in [6.45, 7) is -0.0509. The van der Waals surface area contributed by atoms with Crippen LogP contribution in [-0.4, -0.2) is 55.1 Å². The smallest absolute Gasteiger partial charge is 0.298 e. The van der Waals surface area contributed by atoms with Gasteiger partial charge in [-0.25, -0.2) is 4.98 Å². The molecule has 2 heterocycles. The van der Waals surface area contributed by atoms with Gasteiger partial charge in [0.05, 0.1) is 11.9 Å². The zero-order valence-electron chi connectivity index (χ0n) is 15.4. The molecule has 1 aromatic carbocycles. The van der Waals surface area contributed by atoms with Crippen molar-refractivity contribution in [3.63, 3.8) is 0 Å². The average molecular weight is 405 g/mol. The van der Waals surface area contributed by atoms with E-state index in [-0.39, 0.29) is 18.2 Å². The second-order valence-corrected chi connectivity index (χ2v) is 5.63. The molecule has 0 saturated heterocycles. The molecule has 12 heteroatoms. The number of carbonyl (C=O) groups excluding carboxylic acids is 2. The molecule has 30 heavy (non-hydrogen) atoms. The molecular formula is C18H15N9O3. The van der Waals surface area contributed by atoms with Gasteiger partial charge in [0.25, 0.3) is 11.7 Å². The first-order chi connectivity index (χ1) is 14.6. The van der Waals surface area contributed by atoms with Gasteiger partial charge in [-0.15, -0.1) is 5.10 Å². The summed E-state index contributed by atoms with van der Waals surface area (Å²) >= 11 is 0. The third-order valence-corrected chi connectivity index (χ3v) is 3.65. The monoisotopic (exact) mass is 405 g/mol. The molecule has 1 amide bonds. The number of carbonyl (C=O) groups is 2. The molecule has 2 aromatic heterocycles. The molecule has 0 spiro atoms. The van der Waals surface area contributed by atoms with Crippen LogP contribution in [-0.2, 0) is 21.0 Å². The molecule has 0 aliphatic rings. The van der Waals surface area contributed by atoms with Crippen LogP contribution >= 0.6 is 0 Å². The fourth-order valence-corrected chi connectivity index (χ4v) is 2.29. The Hall–Kier alpha value is -4.61. The predicted octanol–water partition coefficient (Wildman–Crippen LogP) is 0.650. The summed E-state index contributed by atoms with van der Waals surface area (Å²) in [6.07, 6.45) is 1.36. The Morgan fingerprint density at radius 1 is 1.13 bits per heavy atom. The molecule has 0 atom stereocenters. The summed E-state index contributed by atoms with van der Waals surface area (Å²) in [7, 11) is 0. The van der Waals surface area contributed by atoms with Gasteiger partial charge < -0.3 is 15.6 Å². The Morgan fingerprint density at radius 2 is 1.93 bits per heavy atom. The fraction of sp³-hybridized carbons (Fsp3) is 0.0556. The Kier molecular flexibility index (Phi) is 6.41. The van der Waals surface area contributed by atoms with Crippen LogP contribution in [0.2, 0.25) is 0 Å². The number of amides is 1. The maximum atomic E-state index is 11.6. The summed E-state index contributed by atoms with van der Waals surface area (Å²) in [5.41, 5.74) is 1.41. The highest BCUT2D eigenvalue weighted by atomic mass is 16.6. The average Bonchev–Trinajstić information content (AvgIpc) is 3.25. The fourth-order valence-electron chi connectivity index (χ4n) is 2.29. The van der Waals surface area contributed by atoms with Crippen molar-refractivity contribution >= 4 is 35.8 Å². The molecule has 0 radical (unpaired) electrons. The molecular weight excluding hydrogens is 390 g/mol. The van der Waals surface area contributed by atoms with Crippen LogP contribution in [0.15, 0.2) is 53.7 Å². The topological polar surface area (TPSA) is 172 Å². The van der Waals surface area contributed by atoms with E-state index in [1.165, 1.54) is 6.07 Å². The van der Waals surface area contributed by atoms with E-state index in [2.05, 4.69) is 31.0 Å². The largest absolute Gasteiger partial charge is 0.389 e. The highest BCUT2D eigenvalue weighted by Gasteiger charge is 2.16. The van der Waals surface area contributed by atoms with Crippen LogP contribution in [0.5, 0.6) is 0 Å². The first-order valence-corrected chi connectivity index (χ1v) is 8.48. The van der Waals surface area contributed by atoms with Gasteiger partial charge in [-0.2, -0.15) is 4.68 Å². The SMILES string of the molecule is N=CC(=O)C(=O)Nc1cccc(CO/N=C(/c2ccccc2)c2nnnn2C=N)n1. The van der Waals surface area contributed by atoms with Crippen LogP contribution < -0.4 is 5.32 Å². The minimum absolute atomic E-state index is 0.0509. The highest BCUT2D eigenvalue weighted by Crippen LogP contribution is 2.10. The van der Waals surface area contributed by atoms with Gasteiger partial charge in [0.1, 0.15) is 12.2 Å². The van der Waals surface area contributed by atoms with E-state index < -0.39 is 11.7 Å². The van der Waals surface area contributed by atoms with E-state index >= 15 is 0 Å². The van der Waals surface area contributed by atoms with Crippen molar-refractivity contribution in [1.29, 1.82) is 10.8 Å². The number of ketones is 1.